The number of nitrogens with one attached hydrogen (secondary N) is 2. The number of carbonyl (C=O) groups is 4. The molecule has 0 aromatic heterocycles. The lowest BCUT2D eigenvalue weighted by Crippen LogP contribution is -2.46. The fourth-order valence-electron chi connectivity index (χ4n) is 3.19. The van der Waals surface area contributed by atoms with Gasteiger partial charge in [-0.1, -0.05) is 12.1 Å². The molecular weight excluding hydrogens is 370 g/mol. The van der Waals surface area contributed by atoms with E-state index in [1.54, 1.807) is 31.2 Å². The van der Waals surface area contributed by atoms with Crippen LogP contribution >= 0.6 is 0 Å². The van der Waals surface area contributed by atoms with Crippen LogP contribution < -0.4 is 10.6 Å². The van der Waals surface area contributed by atoms with Crippen LogP contribution in [0.3, 0.4) is 0 Å². The number of ether oxygens (including phenoxy) is 1. The number of hydrogen-bond donors (Lipinski definition) is 4. The highest BCUT2D eigenvalue weighted by atomic mass is 16.5. The highest BCUT2D eigenvalue weighted by Gasteiger charge is 2.38. The summed E-state index contributed by atoms with van der Waals surface area (Å²) in [4.78, 5) is 48.1. The molecule has 1 heterocycles. The lowest BCUT2D eigenvalue weighted by molar-refractivity contribution is 0.0510. The van der Waals surface area contributed by atoms with Crippen LogP contribution in [0.5, 0.6) is 0 Å². The number of carbonyl (C=O) groups excluding carboxylic acids is 2. The van der Waals surface area contributed by atoms with Crippen molar-refractivity contribution in [2.24, 2.45) is 5.92 Å². The van der Waals surface area contributed by atoms with E-state index < -0.39 is 42.1 Å². The summed E-state index contributed by atoms with van der Waals surface area (Å²) < 4.78 is 5.28. The van der Waals surface area contributed by atoms with Gasteiger partial charge in [0.25, 0.3) is 11.8 Å². The highest BCUT2D eigenvalue weighted by Crippen LogP contribution is 2.25. The molecule has 0 spiro atoms. The van der Waals surface area contributed by atoms with Gasteiger partial charge in [0.1, 0.15) is 0 Å². The van der Waals surface area contributed by atoms with Crippen LogP contribution in [-0.4, -0.2) is 71.5 Å². The Balaban J connectivity index is 2.18. The number of fused-ring (bicyclic) bond motifs is 1. The van der Waals surface area contributed by atoms with Crippen molar-refractivity contribution in [1.29, 1.82) is 0 Å². The Labute approximate surface area is 161 Å². The summed E-state index contributed by atoms with van der Waals surface area (Å²) in [6.07, 6.45) is -2.78. The van der Waals surface area contributed by atoms with Gasteiger partial charge in [-0.25, -0.2) is 9.59 Å². The predicted molar refractivity (Wildman–Crippen MR) is 97.4 cm³/mol. The van der Waals surface area contributed by atoms with Gasteiger partial charge in [-0.05, 0) is 31.4 Å². The van der Waals surface area contributed by atoms with E-state index in [1.165, 1.54) is 7.11 Å². The van der Waals surface area contributed by atoms with Crippen LogP contribution in [0.15, 0.2) is 24.3 Å². The van der Waals surface area contributed by atoms with E-state index in [-0.39, 0.29) is 19.5 Å². The van der Waals surface area contributed by atoms with Crippen molar-refractivity contribution in [3.8, 4) is 0 Å². The summed E-state index contributed by atoms with van der Waals surface area (Å²) in [6.45, 7) is 1.58. The van der Waals surface area contributed by atoms with Gasteiger partial charge in [0.15, 0.2) is 0 Å². The molecule has 0 saturated heterocycles. The van der Waals surface area contributed by atoms with Gasteiger partial charge >= 0.3 is 12.2 Å². The van der Waals surface area contributed by atoms with E-state index in [1.807, 2.05) is 0 Å². The standard InChI is InChI=1S/C18H23N3O7/c1-10(20-18(26)27)11(7-12(28-2)8-19-17(24)25)9-21-15(22)13-5-3-4-6-14(13)16(21)23/h3-6,10-12,19-20H,7-9H2,1-2H3,(H,24,25)(H,26,27)/t10-,11+,12?/m1/s1. The SMILES string of the molecule is COC(CNC(=O)O)C[C@@H](CN1C(=O)c2ccccc2C1=O)[C@@H](C)NC(=O)O. The maximum atomic E-state index is 12.6. The second-order valence-electron chi connectivity index (χ2n) is 6.54. The summed E-state index contributed by atoms with van der Waals surface area (Å²) in [5, 5.41) is 22.3. The topological polar surface area (TPSA) is 145 Å². The minimum Gasteiger partial charge on any atom is -0.465 e. The predicted octanol–water partition coefficient (Wildman–Crippen LogP) is 1.23. The molecule has 4 N–H and O–H groups in total. The zero-order chi connectivity index (χ0) is 20.8. The van der Waals surface area contributed by atoms with Crippen LogP contribution in [0.1, 0.15) is 34.1 Å². The first-order valence-corrected chi connectivity index (χ1v) is 8.68. The molecule has 0 bridgehead atoms. The third-order valence-corrected chi connectivity index (χ3v) is 4.73. The molecule has 0 saturated carbocycles. The van der Waals surface area contributed by atoms with Crippen LogP contribution in [0.2, 0.25) is 0 Å². The van der Waals surface area contributed by atoms with Crippen LogP contribution in [0.4, 0.5) is 9.59 Å². The second kappa shape index (κ2) is 9.18. The second-order valence-corrected chi connectivity index (χ2v) is 6.54. The van der Waals surface area contributed by atoms with E-state index in [0.29, 0.717) is 11.1 Å². The fourth-order valence-corrected chi connectivity index (χ4v) is 3.19. The number of imide groups is 1. The van der Waals surface area contributed by atoms with Crippen molar-refractivity contribution in [3.63, 3.8) is 0 Å². The molecule has 10 nitrogen and oxygen atoms in total. The molecule has 1 aromatic rings. The van der Waals surface area contributed by atoms with Gasteiger partial charge in [0, 0.05) is 26.2 Å². The van der Waals surface area contributed by atoms with E-state index in [4.69, 9.17) is 14.9 Å². The number of carboxylic acid groups (broad SMARTS) is 2. The zero-order valence-corrected chi connectivity index (χ0v) is 15.5. The minimum atomic E-state index is -1.24. The number of nitrogens with zero attached hydrogens (tertiary/aromatic N) is 1. The molecule has 0 aliphatic carbocycles. The Hall–Kier alpha value is -3.14. The van der Waals surface area contributed by atoms with E-state index in [2.05, 4.69) is 10.6 Å². The van der Waals surface area contributed by atoms with Crippen LogP contribution in [0.25, 0.3) is 0 Å². The Morgan fingerprint density at radius 3 is 2.14 bits per heavy atom. The summed E-state index contributed by atoms with van der Waals surface area (Å²) in [7, 11) is 1.41. The van der Waals surface area contributed by atoms with E-state index >= 15 is 0 Å². The molecule has 2 rings (SSSR count). The molecule has 10 heteroatoms. The Morgan fingerprint density at radius 1 is 1.11 bits per heavy atom. The first-order valence-electron chi connectivity index (χ1n) is 8.68. The van der Waals surface area contributed by atoms with Crippen molar-refractivity contribution in [2.45, 2.75) is 25.5 Å². The average Bonchev–Trinajstić information content (AvgIpc) is 2.88. The molecular formula is C18H23N3O7. The molecule has 4 amide bonds. The number of amides is 4. The first-order chi connectivity index (χ1) is 13.2. The number of rotatable bonds is 9. The summed E-state index contributed by atoms with van der Waals surface area (Å²) in [5.41, 5.74) is 0.613. The van der Waals surface area contributed by atoms with Gasteiger partial charge < -0.3 is 25.6 Å². The Bertz CT molecular complexity index is 732. The largest absolute Gasteiger partial charge is 0.465 e. The zero-order valence-electron chi connectivity index (χ0n) is 15.5. The number of hydrogen-bond acceptors (Lipinski definition) is 5. The molecule has 28 heavy (non-hydrogen) atoms. The summed E-state index contributed by atoms with van der Waals surface area (Å²) in [6, 6.07) is 5.86. The minimum absolute atomic E-state index is 0.00968. The van der Waals surface area contributed by atoms with Crippen molar-refractivity contribution in [3.05, 3.63) is 35.4 Å². The molecule has 152 valence electrons. The quantitative estimate of drug-likeness (QED) is 0.462. The van der Waals surface area contributed by atoms with Gasteiger partial charge in [-0.3, -0.25) is 14.5 Å². The Morgan fingerprint density at radius 2 is 1.68 bits per heavy atom. The summed E-state index contributed by atoms with van der Waals surface area (Å²) in [5.74, 6) is -1.37. The summed E-state index contributed by atoms with van der Waals surface area (Å²) >= 11 is 0. The molecule has 3 atom stereocenters. The molecule has 1 unspecified atom stereocenters. The maximum absolute atomic E-state index is 12.6. The first kappa shape index (κ1) is 21.2. The van der Waals surface area contributed by atoms with Gasteiger partial charge in [-0.2, -0.15) is 0 Å². The Kier molecular flexibility index (Phi) is 6.94. The van der Waals surface area contributed by atoms with Gasteiger partial charge in [0.2, 0.25) is 0 Å². The molecule has 1 aliphatic heterocycles. The van der Waals surface area contributed by atoms with E-state index in [9.17, 15) is 19.2 Å². The van der Waals surface area contributed by atoms with Crippen molar-refractivity contribution in [1.82, 2.24) is 15.5 Å². The third-order valence-electron chi connectivity index (χ3n) is 4.73. The number of methoxy groups -OCH3 is 1. The van der Waals surface area contributed by atoms with Gasteiger partial charge in [0.05, 0.1) is 17.2 Å². The van der Waals surface area contributed by atoms with Crippen LogP contribution in [0, 0.1) is 5.92 Å². The molecule has 1 aliphatic rings. The van der Waals surface area contributed by atoms with Crippen molar-refractivity contribution in [2.75, 3.05) is 20.2 Å². The van der Waals surface area contributed by atoms with Crippen molar-refractivity contribution >= 4 is 24.0 Å². The van der Waals surface area contributed by atoms with E-state index in [0.717, 1.165) is 4.90 Å². The maximum Gasteiger partial charge on any atom is 0.404 e. The average molecular weight is 393 g/mol. The smallest absolute Gasteiger partial charge is 0.404 e. The monoisotopic (exact) mass is 393 g/mol. The lowest BCUT2D eigenvalue weighted by atomic mass is 9.93. The fraction of sp³-hybridized carbons (Fsp3) is 0.444. The molecule has 1 aromatic carbocycles. The highest BCUT2D eigenvalue weighted by molar-refractivity contribution is 6.21. The third kappa shape index (κ3) is 4.97. The molecule has 0 radical (unpaired) electrons. The van der Waals surface area contributed by atoms with Crippen LogP contribution in [-0.2, 0) is 4.74 Å². The van der Waals surface area contributed by atoms with Gasteiger partial charge in [-0.15, -0.1) is 0 Å². The normalized spacial score (nSPS) is 16.3. The lowest BCUT2D eigenvalue weighted by Gasteiger charge is -2.30. The van der Waals surface area contributed by atoms with Crippen molar-refractivity contribution < 1.29 is 34.1 Å². The molecule has 0 fully saturated rings. The number of benzene rings is 1.